The molecule has 1 aliphatic rings. The van der Waals surface area contributed by atoms with Gasteiger partial charge >= 0.3 is 12.2 Å². The van der Waals surface area contributed by atoms with Gasteiger partial charge in [-0.05, 0) is 51.5 Å². The maximum Gasteiger partial charge on any atom is 0.513 e. The normalized spacial score (nSPS) is 20.5. The van der Waals surface area contributed by atoms with E-state index in [4.69, 9.17) is 9.47 Å². The third-order valence-corrected chi connectivity index (χ3v) is 6.03. The van der Waals surface area contributed by atoms with Gasteiger partial charge in [-0.3, -0.25) is 4.90 Å². The number of anilines is 1. The lowest BCUT2D eigenvalue weighted by atomic mass is 10.0. The minimum atomic E-state index is -0.874. The molecule has 0 bridgehead atoms. The number of hydrogen-bond acceptors (Lipinski definition) is 5. The van der Waals surface area contributed by atoms with Crippen LogP contribution < -0.4 is 10.1 Å². The Balaban J connectivity index is 1.76. The molecule has 2 aromatic carbocycles. The molecule has 8 nitrogen and oxygen atoms in total. The van der Waals surface area contributed by atoms with Crippen LogP contribution in [0.25, 0.3) is 0 Å². The van der Waals surface area contributed by atoms with Gasteiger partial charge in [0.15, 0.2) is 0 Å². The summed E-state index contributed by atoms with van der Waals surface area (Å²) in [6.07, 6.45) is -0.682. The molecule has 34 heavy (non-hydrogen) atoms. The van der Waals surface area contributed by atoms with Crippen LogP contribution >= 0.6 is 0 Å². The Morgan fingerprint density at radius 3 is 2.38 bits per heavy atom. The van der Waals surface area contributed by atoms with Crippen molar-refractivity contribution in [3.63, 3.8) is 0 Å². The van der Waals surface area contributed by atoms with Crippen molar-refractivity contribution in [1.82, 2.24) is 4.90 Å². The van der Waals surface area contributed by atoms with E-state index in [2.05, 4.69) is 5.32 Å². The quantitative estimate of drug-likeness (QED) is 0.565. The molecule has 2 atom stereocenters. The highest BCUT2D eigenvalue weighted by molar-refractivity contribution is 5.69. The number of rotatable bonds is 7. The third kappa shape index (κ3) is 6.63. The van der Waals surface area contributed by atoms with Crippen LogP contribution in [-0.2, 0) is 11.3 Å². The molecule has 1 saturated heterocycles. The molecule has 3 rings (SSSR count). The number of quaternary nitrogens is 1. The van der Waals surface area contributed by atoms with Gasteiger partial charge in [0, 0.05) is 17.8 Å². The number of benzene rings is 2. The molecular formula is C26H36N3O5+. The molecule has 0 saturated carbocycles. The predicted molar refractivity (Wildman–Crippen MR) is 131 cm³/mol. The fourth-order valence-electron chi connectivity index (χ4n) is 4.29. The minimum Gasteiger partial charge on any atom is -0.497 e. The summed E-state index contributed by atoms with van der Waals surface area (Å²) in [7, 11) is 1.62. The summed E-state index contributed by atoms with van der Waals surface area (Å²) in [6.45, 7) is 7.43. The number of carbonyl (C=O) groups excluding carboxylic acids is 1. The molecule has 0 aromatic heterocycles. The average molecular weight is 471 g/mol. The van der Waals surface area contributed by atoms with Gasteiger partial charge in [-0.1, -0.05) is 30.3 Å². The SMILES string of the molecule is COc1ccc(NCC[C@@H]2C[N+](Cc3ccccc3)(C(=O)O)CCN2C(=O)OC(C)(C)C)cc1. The number of piperazine rings is 1. The molecule has 0 radical (unpaired) electrons. The van der Waals surface area contributed by atoms with Gasteiger partial charge in [0.2, 0.25) is 0 Å². The molecular weight excluding hydrogens is 434 g/mol. The summed E-state index contributed by atoms with van der Waals surface area (Å²) in [5.74, 6) is 0.776. The summed E-state index contributed by atoms with van der Waals surface area (Å²) < 4.78 is 10.7. The number of carbonyl (C=O) groups is 2. The number of nitrogens with one attached hydrogen (secondary N) is 1. The first-order valence-corrected chi connectivity index (χ1v) is 11.6. The molecule has 0 spiro atoms. The van der Waals surface area contributed by atoms with Crippen LogP contribution in [0.2, 0.25) is 0 Å². The van der Waals surface area contributed by atoms with E-state index in [1.54, 1.807) is 12.0 Å². The maximum atomic E-state index is 13.0. The van der Waals surface area contributed by atoms with Crippen molar-refractivity contribution < 1.29 is 28.7 Å². The standard InChI is InChI=1S/C26H35N3O5/c1-26(2,3)34-24(30)28-16-17-29(25(31)32,18-20-8-6-5-7-9-20)19-22(28)14-15-27-21-10-12-23(33-4)13-11-21/h5-13,22,27H,14-19H2,1-4H3/p+1/t22-,29?/m1/s1. The Bertz CT molecular complexity index is 959. The first kappa shape index (κ1) is 25.4. The second-order valence-electron chi connectivity index (χ2n) is 9.75. The maximum absolute atomic E-state index is 13.0. The van der Waals surface area contributed by atoms with Gasteiger partial charge in [0.1, 0.15) is 31.0 Å². The molecule has 1 fully saturated rings. The second-order valence-corrected chi connectivity index (χ2v) is 9.75. The average Bonchev–Trinajstić information content (AvgIpc) is 2.79. The Hall–Kier alpha value is -3.26. The molecule has 2 amide bonds. The highest BCUT2D eigenvalue weighted by atomic mass is 16.6. The molecule has 184 valence electrons. The molecule has 8 heteroatoms. The number of methoxy groups -OCH3 is 1. The zero-order valence-electron chi connectivity index (χ0n) is 20.5. The third-order valence-electron chi connectivity index (χ3n) is 6.03. The highest BCUT2D eigenvalue weighted by Crippen LogP contribution is 2.26. The number of carboxylic acid groups (broad SMARTS) is 1. The summed E-state index contributed by atoms with van der Waals surface area (Å²) in [4.78, 5) is 27.2. The summed E-state index contributed by atoms with van der Waals surface area (Å²) in [5, 5.41) is 13.6. The van der Waals surface area contributed by atoms with Crippen molar-refractivity contribution in [3.05, 3.63) is 60.2 Å². The van der Waals surface area contributed by atoms with Gasteiger partial charge in [0.25, 0.3) is 0 Å². The topological polar surface area (TPSA) is 88.1 Å². The summed E-state index contributed by atoms with van der Waals surface area (Å²) >= 11 is 0. The lowest BCUT2D eigenvalue weighted by molar-refractivity contribution is -0.878. The highest BCUT2D eigenvalue weighted by Gasteiger charge is 2.47. The van der Waals surface area contributed by atoms with Crippen LogP contribution in [0, 0.1) is 0 Å². The van der Waals surface area contributed by atoms with E-state index in [1.165, 1.54) is 0 Å². The first-order chi connectivity index (χ1) is 16.1. The molecule has 1 aliphatic heterocycles. The van der Waals surface area contributed by atoms with Crippen LogP contribution in [0.3, 0.4) is 0 Å². The number of ether oxygens (including phenoxy) is 2. The van der Waals surface area contributed by atoms with Gasteiger partial charge < -0.3 is 19.9 Å². The Morgan fingerprint density at radius 1 is 1.12 bits per heavy atom. The van der Waals surface area contributed by atoms with E-state index in [-0.39, 0.29) is 10.5 Å². The lowest BCUT2D eigenvalue weighted by Crippen LogP contribution is -2.66. The van der Waals surface area contributed by atoms with E-state index >= 15 is 0 Å². The van der Waals surface area contributed by atoms with Crippen molar-refractivity contribution in [2.24, 2.45) is 0 Å². The van der Waals surface area contributed by atoms with Gasteiger partial charge in [-0.25, -0.2) is 9.28 Å². The number of hydrogen-bond donors (Lipinski definition) is 2. The van der Waals surface area contributed by atoms with Crippen molar-refractivity contribution in [2.45, 2.75) is 45.4 Å². The van der Waals surface area contributed by atoms with Gasteiger partial charge in [0.05, 0.1) is 19.7 Å². The molecule has 1 unspecified atom stereocenters. The minimum absolute atomic E-state index is 0.115. The van der Waals surface area contributed by atoms with Crippen molar-refractivity contribution in [1.29, 1.82) is 0 Å². The van der Waals surface area contributed by atoms with Crippen molar-refractivity contribution in [2.75, 3.05) is 38.6 Å². The van der Waals surface area contributed by atoms with E-state index in [1.807, 2.05) is 75.4 Å². The first-order valence-electron chi connectivity index (χ1n) is 11.6. The fourth-order valence-corrected chi connectivity index (χ4v) is 4.29. The van der Waals surface area contributed by atoms with Gasteiger partial charge in [-0.2, -0.15) is 4.79 Å². The van der Waals surface area contributed by atoms with E-state index in [0.29, 0.717) is 39.1 Å². The molecule has 1 heterocycles. The smallest absolute Gasteiger partial charge is 0.497 e. The Kier molecular flexibility index (Phi) is 8.04. The molecule has 2 aromatic rings. The number of nitrogens with zero attached hydrogens (tertiary/aromatic N) is 2. The van der Waals surface area contributed by atoms with E-state index < -0.39 is 17.8 Å². The zero-order chi connectivity index (χ0) is 24.8. The summed E-state index contributed by atoms with van der Waals surface area (Å²) in [6, 6.07) is 17.0. The van der Waals surface area contributed by atoms with Crippen molar-refractivity contribution in [3.8, 4) is 5.75 Å². The fraction of sp³-hybridized carbons (Fsp3) is 0.462. The monoisotopic (exact) mass is 470 g/mol. The Labute approximate surface area is 201 Å². The van der Waals surface area contributed by atoms with E-state index in [9.17, 15) is 14.7 Å². The van der Waals surface area contributed by atoms with Gasteiger partial charge in [-0.15, -0.1) is 0 Å². The summed E-state index contributed by atoms with van der Waals surface area (Å²) in [5.41, 5.74) is 1.28. The zero-order valence-corrected chi connectivity index (χ0v) is 20.5. The van der Waals surface area contributed by atoms with Crippen LogP contribution in [0.15, 0.2) is 54.6 Å². The molecule has 2 N–H and O–H groups in total. The molecule has 0 aliphatic carbocycles. The predicted octanol–water partition coefficient (Wildman–Crippen LogP) is 4.81. The Morgan fingerprint density at radius 2 is 1.79 bits per heavy atom. The van der Waals surface area contributed by atoms with Crippen LogP contribution in [-0.4, -0.2) is 71.6 Å². The van der Waals surface area contributed by atoms with Crippen LogP contribution in [0.4, 0.5) is 15.3 Å². The van der Waals surface area contributed by atoms with Crippen molar-refractivity contribution >= 4 is 17.9 Å². The number of amides is 2. The lowest BCUT2D eigenvalue weighted by Gasteiger charge is -2.45. The van der Waals surface area contributed by atoms with E-state index in [0.717, 1.165) is 17.0 Å². The van der Waals surface area contributed by atoms with Crippen LogP contribution in [0.1, 0.15) is 32.8 Å². The second kappa shape index (κ2) is 10.8. The van der Waals surface area contributed by atoms with Crippen LogP contribution in [0.5, 0.6) is 5.75 Å². The largest absolute Gasteiger partial charge is 0.513 e.